The van der Waals surface area contributed by atoms with Crippen molar-refractivity contribution >= 4 is 39.9 Å². The van der Waals surface area contributed by atoms with Gasteiger partial charge in [0.25, 0.3) is 5.91 Å². The predicted molar refractivity (Wildman–Crippen MR) is 90.5 cm³/mol. The lowest BCUT2D eigenvalue weighted by atomic mass is 10.2. The van der Waals surface area contributed by atoms with Crippen molar-refractivity contribution in [2.45, 2.75) is 32.9 Å². The fraction of sp³-hybridized carbons (Fsp3) is 0.312. The van der Waals surface area contributed by atoms with Gasteiger partial charge in [-0.05, 0) is 44.5 Å². The van der Waals surface area contributed by atoms with E-state index in [1.165, 1.54) is 13.0 Å². The molecule has 1 atom stereocenters. The highest BCUT2D eigenvalue weighted by atomic mass is 79.9. The van der Waals surface area contributed by atoms with Gasteiger partial charge in [0.1, 0.15) is 0 Å². The normalized spacial score (nSPS) is 12.0. The molecule has 0 unspecified atom stereocenters. The third-order valence-corrected chi connectivity index (χ3v) is 3.13. The molecule has 2 N–H and O–H groups in total. The number of rotatable bonds is 5. The topological polar surface area (TPSA) is 84.5 Å². The van der Waals surface area contributed by atoms with Crippen LogP contribution in [0.3, 0.4) is 0 Å². The summed E-state index contributed by atoms with van der Waals surface area (Å²) in [6.45, 7) is 4.92. The molecule has 0 spiro atoms. The van der Waals surface area contributed by atoms with Crippen LogP contribution in [0.5, 0.6) is 0 Å². The van der Waals surface area contributed by atoms with Crippen molar-refractivity contribution in [2.24, 2.45) is 0 Å². The quantitative estimate of drug-likeness (QED) is 0.605. The van der Waals surface area contributed by atoms with E-state index < -0.39 is 24.0 Å². The number of carbonyl (C=O) groups is 3. The number of hydrogen-bond donors (Lipinski definition) is 2. The van der Waals surface area contributed by atoms with Gasteiger partial charge in [-0.15, -0.1) is 0 Å². The fourth-order valence-electron chi connectivity index (χ4n) is 1.52. The molecule has 0 saturated carbocycles. The zero-order chi connectivity index (χ0) is 17.4. The molecule has 0 radical (unpaired) electrons. The molecule has 7 heteroatoms. The lowest BCUT2D eigenvalue weighted by molar-refractivity contribution is -0.149. The third kappa shape index (κ3) is 7.60. The van der Waals surface area contributed by atoms with Crippen LogP contribution in [-0.2, 0) is 14.3 Å². The van der Waals surface area contributed by atoms with Crippen LogP contribution >= 0.6 is 15.9 Å². The van der Waals surface area contributed by atoms with Crippen LogP contribution in [0.15, 0.2) is 34.8 Å². The van der Waals surface area contributed by atoms with E-state index in [9.17, 15) is 14.4 Å². The monoisotopic (exact) mass is 382 g/mol. The van der Waals surface area contributed by atoms with Crippen molar-refractivity contribution in [2.75, 3.05) is 0 Å². The van der Waals surface area contributed by atoms with Crippen LogP contribution in [0.1, 0.15) is 26.3 Å². The van der Waals surface area contributed by atoms with Crippen LogP contribution < -0.4 is 10.6 Å². The first kappa shape index (κ1) is 18.9. The van der Waals surface area contributed by atoms with Gasteiger partial charge >= 0.3 is 12.0 Å². The van der Waals surface area contributed by atoms with E-state index in [2.05, 4.69) is 26.6 Å². The highest BCUT2D eigenvalue weighted by molar-refractivity contribution is 9.10. The van der Waals surface area contributed by atoms with Crippen molar-refractivity contribution in [1.29, 1.82) is 0 Å². The number of halogens is 1. The number of ether oxygens (including phenoxy) is 1. The number of nitrogens with one attached hydrogen (secondary N) is 2. The Balaban J connectivity index is 2.47. The number of imide groups is 1. The van der Waals surface area contributed by atoms with E-state index in [1.807, 2.05) is 24.3 Å². The second-order valence-electron chi connectivity index (χ2n) is 5.08. The molecule has 6 nitrogen and oxygen atoms in total. The Bertz CT molecular complexity index is 597. The smallest absolute Gasteiger partial charge is 0.331 e. The summed E-state index contributed by atoms with van der Waals surface area (Å²) in [5.74, 6) is -1.35. The maximum atomic E-state index is 11.7. The van der Waals surface area contributed by atoms with Crippen molar-refractivity contribution < 1.29 is 19.1 Å². The molecule has 124 valence electrons. The molecule has 1 aromatic carbocycles. The molecule has 0 saturated heterocycles. The lowest BCUT2D eigenvalue weighted by Crippen LogP contribution is -2.46. The Kier molecular flexibility index (Phi) is 7.47. The highest BCUT2D eigenvalue weighted by Crippen LogP contribution is 2.11. The molecule has 0 heterocycles. The Morgan fingerprint density at radius 3 is 2.30 bits per heavy atom. The number of amides is 3. The van der Waals surface area contributed by atoms with Gasteiger partial charge < -0.3 is 10.1 Å². The van der Waals surface area contributed by atoms with Gasteiger partial charge in [0.05, 0.1) is 0 Å². The first-order chi connectivity index (χ1) is 10.8. The summed E-state index contributed by atoms with van der Waals surface area (Å²) in [6.07, 6.45) is 1.72. The van der Waals surface area contributed by atoms with Crippen LogP contribution in [0.25, 0.3) is 6.08 Å². The van der Waals surface area contributed by atoms with E-state index in [1.54, 1.807) is 19.9 Å². The molecule has 0 aliphatic heterocycles. The minimum absolute atomic E-state index is 0.102. The molecule has 0 bridgehead atoms. The SMILES string of the molecule is CC(C)NC(=O)NC(=O)[C@H](C)OC(=O)/C=C/c1ccc(Br)cc1. The molecule has 0 aliphatic rings. The first-order valence-corrected chi connectivity index (χ1v) is 7.83. The number of carbonyl (C=O) groups excluding carboxylic acids is 3. The maximum Gasteiger partial charge on any atom is 0.331 e. The van der Waals surface area contributed by atoms with E-state index >= 15 is 0 Å². The molecule has 1 rings (SSSR count). The van der Waals surface area contributed by atoms with Crippen molar-refractivity contribution in [3.05, 3.63) is 40.4 Å². The van der Waals surface area contributed by atoms with Crippen LogP contribution in [0, 0.1) is 0 Å². The Morgan fingerprint density at radius 2 is 1.74 bits per heavy atom. The summed E-state index contributed by atoms with van der Waals surface area (Å²) in [7, 11) is 0. The number of esters is 1. The van der Waals surface area contributed by atoms with Crippen molar-refractivity contribution in [3.63, 3.8) is 0 Å². The minimum atomic E-state index is -1.07. The Hall–Kier alpha value is -2.15. The summed E-state index contributed by atoms with van der Waals surface area (Å²) in [5, 5.41) is 4.60. The second kappa shape index (κ2) is 9.09. The minimum Gasteiger partial charge on any atom is -0.449 e. The Labute approximate surface area is 143 Å². The lowest BCUT2D eigenvalue weighted by Gasteiger charge is -2.13. The average molecular weight is 383 g/mol. The molecule has 0 aliphatic carbocycles. The highest BCUT2D eigenvalue weighted by Gasteiger charge is 2.19. The number of urea groups is 1. The second-order valence-corrected chi connectivity index (χ2v) is 6.00. The van der Waals surface area contributed by atoms with Gasteiger partial charge in [0.2, 0.25) is 0 Å². The average Bonchev–Trinajstić information content (AvgIpc) is 2.45. The number of hydrogen-bond acceptors (Lipinski definition) is 4. The van der Waals surface area contributed by atoms with Crippen molar-refractivity contribution in [3.8, 4) is 0 Å². The molecule has 23 heavy (non-hydrogen) atoms. The van der Waals surface area contributed by atoms with Crippen LogP contribution in [0.2, 0.25) is 0 Å². The number of benzene rings is 1. The summed E-state index contributed by atoms with van der Waals surface area (Å²) in [6, 6.07) is 6.59. The summed E-state index contributed by atoms with van der Waals surface area (Å²) >= 11 is 3.32. The van der Waals surface area contributed by atoms with Gasteiger partial charge in [-0.25, -0.2) is 9.59 Å². The van der Waals surface area contributed by atoms with Crippen LogP contribution in [0.4, 0.5) is 4.79 Å². The van der Waals surface area contributed by atoms with Gasteiger partial charge in [0, 0.05) is 16.6 Å². The Morgan fingerprint density at radius 1 is 1.13 bits per heavy atom. The zero-order valence-corrected chi connectivity index (χ0v) is 14.7. The van der Waals surface area contributed by atoms with E-state index in [4.69, 9.17) is 4.74 Å². The standard InChI is InChI=1S/C16H19BrN2O4/c1-10(2)18-16(22)19-15(21)11(3)23-14(20)9-6-12-4-7-13(17)8-5-12/h4-11H,1-3H3,(H2,18,19,21,22)/b9-6+/t11-/m0/s1. The zero-order valence-electron chi connectivity index (χ0n) is 13.1. The molecule has 3 amide bonds. The van der Waals surface area contributed by atoms with Gasteiger partial charge in [0.15, 0.2) is 6.10 Å². The molecule has 0 fully saturated rings. The van der Waals surface area contributed by atoms with Gasteiger partial charge in [-0.3, -0.25) is 10.1 Å². The molecular formula is C16H19BrN2O4. The molecule has 1 aromatic rings. The molecular weight excluding hydrogens is 364 g/mol. The predicted octanol–water partition coefficient (Wildman–Crippen LogP) is 2.63. The molecule has 0 aromatic heterocycles. The third-order valence-electron chi connectivity index (χ3n) is 2.60. The largest absolute Gasteiger partial charge is 0.449 e. The summed E-state index contributed by atoms with van der Waals surface area (Å²) in [4.78, 5) is 34.8. The van der Waals surface area contributed by atoms with Crippen LogP contribution in [-0.4, -0.2) is 30.1 Å². The van der Waals surface area contributed by atoms with Gasteiger partial charge in [-0.2, -0.15) is 0 Å². The fourth-order valence-corrected chi connectivity index (χ4v) is 1.78. The van der Waals surface area contributed by atoms with Crippen molar-refractivity contribution in [1.82, 2.24) is 10.6 Å². The summed E-state index contributed by atoms with van der Waals surface area (Å²) < 4.78 is 5.87. The first-order valence-electron chi connectivity index (χ1n) is 7.03. The van der Waals surface area contributed by atoms with E-state index in [0.29, 0.717) is 0 Å². The van der Waals surface area contributed by atoms with E-state index in [-0.39, 0.29) is 6.04 Å². The summed E-state index contributed by atoms with van der Waals surface area (Å²) in [5.41, 5.74) is 0.818. The maximum absolute atomic E-state index is 11.7. The van der Waals surface area contributed by atoms with E-state index in [0.717, 1.165) is 10.0 Å². The van der Waals surface area contributed by atoms with Gasteiger partial charge in [-0.1, -0.05) is 28.1 Å².